The van der Waals surface area contributed by atoms with Crippen LogP contribution >= 0.6 is 0 Å². The van der Waals surface area contributed by atoms with Crippen molar-refractivity contribution in [3.63, 3.8) is 0 Å². The van der Waals surface area contributed by atoms with Gasteiger partial charge in [-0.3, -0.25) is 4.79 Å². The van der Waals surface area contributed by atoms with E-state index in [1.165, 1.54) is 12.3 Å². The van der Waals surface area contributed by atoms with E-state index in [0.29, 0.717) is 0 Å². The van der Waals surface area contributed by atoms with Crippen molar-refractivity contribution in [3.05, 3.63) is 54.3 Å². The number of ether oxygens (including phenoxy) is 8. The molecule has 1 aromatic carbocycles. The lowest BCUT2D eigenvalue weighted by molar-refractivity contribution is -0.347. The van der Waals surface area contributed by atoms with Crippen LogP contribution in [0.25, 0.3) is 6.08 Å². The van der Waals surface area contributed by atoms with Crippen molar-refractivity contribution in [1.29, 1.82) is 0 Å². The largest absolute Gasteiger partial charge is 0.472 e. The number of hydrogen-bond donors (Lipinski definition) is 6. The molecule has 0 amide bonds. The zero-order chi connectivity index (χ0) is 34.3. The van der Waals surface area contributed by atoms with Crippen molar-refractivity contribution < 1.29 is 78.1 Å². The summed E-state index contributed by atoms with van der Waals surface area (Å²) in [7, 11) is 0. The maximum atomic E-state index is 12.7. The maximum absolute atomic E-state index is 12.7. The lowest BCUT2D eigenvalue weighted by atomic mass is 9.85. The summed E-state index contributed by atoms with van der Waals surface area (Å²) < 4.78 is 46.2. The van der Waals surface area contributed by atoms with Gasteiger partial charge >= 0.3 is 11.9 Å². The summed E-state index contributed by atoms with van der Waals surface area (Å²) in [5.41, 5.74) is -0.478. The Morgan fingerprint density at radius 3 is 2.29 bits per heavy atom. The molecule has 16 atom stereocenters. The first-order chi connectivity index (χ1) is 23.0. The summed E-state index contributed by atoms with van der Waals surface area (Å²) >= 11 is 0. The van der Waals surface area contributed by atoms with E-state index in [0.717, 1.165) is 12.5 Å². The maximum Gasteiger partial charge on any atom is 0.331 e. The van der Waals surface area contributed by atoms with Gasteiger partial charge in [0.1, 0.15) is 42.2 Å². The fraction of sp³-hybridized carbons (Fsp3) is 0.625. The molecule has 0 aromatic heterocycles. The van der Waals surface area contributed by atoms with Gasteiger partial charge in [0.15, 0.2) is 24.8 Å². The van der Waals surface area contributed by atoms with Gasteiger partial charge in [-0.2, -0.15) is 0 Å². The molecule has 16 heteroatoms. The molecule has 16 nitrogen and oxygen atoms in total. The molecule has 6 N–H and O–H groups in total. The number of benzene rings is 1. The minimum Gasteiger partial charge on any atom is -0.472 e. The van der Waals surface area contributed by atoms with Crippen molar-refractivity contribution >= 4 is 18.0 Å². The van der Waals surface area contributed by atoms with Crippen molar-refractivity contribution in [3.8, 4) is 0 Å². The third-order valence-electron chi connectivity index (χ3n) is 9.41. The van der Waals surface area contributed by atoms with E-state index in [9.17, 15) is 40.2 Å². The quantitative estimate of drug-likeness (QED) is 0.0900. The number of rotatable bonds is 10. The Morgan fingerprint density at radius 2 is 1.60 bits per heavy atom. The molecule has 1 aliphatic carbocycles. The van der Waals surface area contributed by atoms with Crippen LogP contribution in [0.1, 0.15) is 19.4 Å². The van der Waals surface area contributed by atoms with Crippen molar-refractivity contribution in [2.45, 2.75) is 99.4 Å². The van der Waals surface area contributed by atoms with Crippen LogP contribution in [0.2, 0.25) is 0 Å². The van der Waals surface area contributed by atoms with Crippen LogP contribution in [0.4, 0.5) is 0 Å². The molecule has 48 heavy (non-hydrogen) atoms. The molecule has 0 bridgehead atoms. The molecule has 6 rings (SSSR count). The minimum absolute atomic E-state index is 0.487. The van der Waals surface area contributed by atoms with Gasteiger partial charge in [-0.1, -0.05) is 30.3 Å². The molecule has 3 saturated heterocycles. The van der Waals surface area contributed by atoms with Gasteiger partial charge < -0.3 is 68.5 Å². The minimum atomic E-state index is -1.70. The second-order valence-electron chi connectivity index (χ2n) is 12.4. The third kappa shape index (κ3) is 6.50. The van der Waals surface area contributed by atoms with E-state index in [-0.39, 0.29) is 0 Å². The van der Waals surface area contributed by atoms with Crippen LogP contribution in [0, 0.1) is 11.8 Å². The summed E-state index contributed by atoms with van der Waals surface area (Å²) in [5.74, 6) is -2.82. The molecule has 16 unspecified atom stereocenters. The molecule has 5 aliphatic rings. The van der Waals surface area contributed by atoms with Gasteiger partial charge in [-0.15, -0.1) is 0 Å². The van der Waals surface area contributed by atoms with Gasteiger partial charge in [0.05, 0.1) is 37.6 Å². The number of esters is 2. The highest BCUT2D eigenvalue weighted by Crippen LogP contribution is 2.61. The van der Waals surface area contributed by atoms with E-state index in [2.05, 4.69) is 0 Å². The van der Waals surface area contributed by atoms with Crippen LogP contribution in [-0.2, 0) is 47.5 Å². The normalized spacial score (nSPS) is 44.8. The van der Waals surface area contributed by atoms with Crippen molar-refractivity contribution in [2.24, 2.45) is 11.8 Å². The Kier molecular flexibility index (Phi) is 10.2. The number of carbonyl (C=O) groups is 2. The topological polar surface area (TPSA) is 233 Å². The lowest BCUT2D eigenvalue weighted by Gasteiger charge is -2.44. The van der Waals surface area contributed by atoms with E-state index in [1.807, 2.05) is 18.2 Å². The Hall–Kier alpha value is -3.00. The van der Waals surface area contributed by atoms with Gasteiger partial charge in [-0.25, -0.2) is 4.79 Å². The van der Waals surface area contributed by atoms with Crippen LogP contribution < -0.4 is 0 Å². The van der Waals surface area contributed by atoms with Crippen LogP contribution in [0.15, 0.2) is 48.7 Å². The molecule has 1 saturated carbocycles. The predicted octanol–water partition coefficient (Wildman–Crippen LogP) is -1.90. The van der Waals surface area contributed by atoms with E-state index in [4.69, 9.17) is 37.9 Å². The molecule has 4 heterocycles. The Balaban J connectivity index is 1.16. The molecular formula is C32H40O16. The number of aliphatic hydroxyl groups excluding tert-OH is 6. The molecular weight excluding hydrogens is 640 g/mol. The van der Waals surface area contributed by atoms with Crippen LogP contribution in [0.3, 0.4) is 0 Å². The lowest BCUT2D eigenvalue weighted by Crippen LogP contribution is -2.61. The fourth-order valence-corrected chi connectivity index (χ4v) is 6.96. The molecule has 1 aromatic rings. The SMILES string of the molecule is CC(=O)OC1C(O)C(OC2C3C=COC(OC4OC(CO)C(O)C(O)C4O)C3C3(CO)OC23)OC(C)C1OC(=O)C=Cc1ccccc1. The summed E-state index contributed by atoms with van der Waals surface area (Å²) in [6, 6.07) is 9.04. The van der Waals surface area contributed by atoms with Crippen LogP contribution in [0.5, 0.6) is 0 Å². The predicted molar refractivity (Wildman–Crippen MR) is 157 cm³/mol. The summed E-state index contributed by atoms with van der Waals surface area (Å²) in [6.45, 7) is 1.57. The highest BCUT2D eigenvalue weighted by Gasteiger charge is 2.77. The Bertz CT molecular complexity index is 1350. The van der Waals surface area contributed by atoms with E-state index >= 15 is 0 Å². The average molecular weight is 681 g/mol. The monoisotopic (exact) mass is 680 g/mol. The zero-order valence-corrected chi connectivity index (χ0v) is 26.0. The molecule has 0 spiro atoms. The van der Waals surface area contributed by atoms with Gasteiger partial charge in [0.25, 0.3) is 0 Å². The standard InChI is InChI=1S/C32H40O16/c1-14-25(45-19(36)9-8-16-6-4-3-5-7-16)27(43-15(2)35)24(40)31(42-14)46-26-17-10-11-41-29(20(17)32(13-34)28(26)48-32)47-30-23(39)22(38)21(37)18(12-33)44-30/h3-11,14,17-18,20-31,33-34,37-40H,12-13H2,1-2H3. The summed E-state index contributed by atoms with van der Waals surface area (Å²) in [5, 5.41) is 62.2. The number of carbonyl (C=O) groups excluding carboxylic acids is 2. The molecule has 0 radical (unpaired) electrons. The van der Waals surface area contributed by atoms with Gasteiger partial charge in [0, 0.05) is 18.9 Å². The Morgan fingerprint density at radius 1 is 0.875 bits per heavy atom. The van der Waals surface area contributed by atoms with Crippen molar-refractivity contribution in [1.82, 2.24) is 0 Å². The number of hydrogen-bond acceptors (Lipinski definition) is 16. The smallest absolute Gasteiger partial charge is 0.331 e. The fourth-order valence-electron chi connectivity index (χ4n) is 6.96. The summed E-state index contributed by atoms with van der Waals surface area (Å²) in [4.78, 5) is 24.8. The van der Waals surface area contributed by atoms with Gasteiger partial charge in [0.2, 0.25) is 6.29 Å². The van der Waals surface area contributed by atoms with Gasteiger partial charge in [-0.05, 0) is 24.6 Å². The first kappa shape index (κ1) is 34.8. The number of aliphatic hydroxyl groups is 6. The molecule has 4 aliphatic heterocycles. The number of fused-ring (bicyclic) bond motifs is 3. The van der Waals surface area contributed by atoms with Crippen LogP contribution in [-0.4, -0.2) is 141 Å². The molecule has 4 fully saturated rings. The van der Waals surface area contributed by atoms with Crippen molar-refractivity contribution in [2.75, 3.05) is 13.2 Å². The van der Waals surface area contributed by atoms with E-state index < -0.39 is 122 Å². The van der Waals surface area contributed by atoms with E-state index in [1.54, 1.807) is 31.2 Å². The summed E-state index contributed by atoms with van der Waals surface area (Å²) in [6.07, 6.45) is -11.3. The first-order valence-corrected chi connectivity index (χ1v) is 15.7. The first-order valence-electron chi connectivity index (χ1n) is 15.7. The number of epoxide rings is 1. The second-order valence-corrected chi connectivity index (χ2v) is 12.4. The Labute approximate surface area is 275 Å². The highest BCUT2D eigenvalue weighted by molar-refractivity contribution is 5.87. The average Bonchev–Trinajstić information content (AvgIpc) is 3.75. The molecule has 264 valence electrons. The zero-order valence-electron chi connectivity index (χ0n) is 26.0. The third-order valence-corrected chi connectivity index (χ3v) is 9.41. The second kappa shape index (κ2) is 14.1. The highest BCUT2D eigenvalue weighted by atomic mass is 16.8.